The Balaban J connectivity index is 1.28. The highest BCUT2D eigenvalue weighted by Gasteiger charge is 2.52. The number of rotatable bonds is 5. The van der Waals surface area contributed by atoms with Crippen LogP contribution in [0.4, 0.5) is 10.2 Å². The first-order valence-electron chi connectivity index (χ1n) is 10.9. The Morgan fingerprint density at radius 1 is 1.19 bits per heavy atom. The second kappa shape index (κ2) is 7.70. The van der Waals surface area contributed by atoms with E-state index < -0.39 is 21.1 Å². The van der Waals surface area contributed by atoms with Crippen LogP contribution < -0.4 is 10.2 Å². The molecule has 1 aliphatic carbocycles. The van der Waals surface area contributed by atoms with Crippen molar-refractivity contribution >= 4 is 33.2 Å². The summed E-state index contributed by atoms with van der Waals surface area (Å²) in [5.74, 6) is 0.302. The van der Waals surface area contributed by atoms with Gasteiger partial charge in [-0.25, -0.2) is 17.8 Å². The minimum absolute atomic E-state index is 0.00587. The van der Waals surface area contributed by atoms with E-state index in [9.17, 15) is 17.6 Å². The molecule has 2 saturated heterocycles. The van der Waals surface area contributed by atoms with Crippen LogP contribution >= 0.6 is 11.6 Å². The molecule has 1 aromatic carbocycles. The highest BCUT2D eigenvalue weighted by Crippen LogP contribution is 2.49. The van der Waals surface area contributed by atoms with Gasteiger partial charge in [0.2, 0.25) is 5.91 Å². The summed E-state index contributed by atoms with van der Waals surface area (Å²) in [4.78, 5) is 20.1. The Hall–Kier alpha value is -2.19. The summed E-state index contributed by atoms with van der Waals surface area (Å²) in [6, 6.07) is 8.52. The number of hydrogen-bond donors (Lipinski definition) is 1. The van der Waals surface area contributed by atoms with Gasteiger partial charge in [-0.3, -0.25) is 4.79 Å². The van der Waals surface area contributed by atoms with Crippen molar-refractivity contribution in [3.63, 3.8) is 0 Å². The molecular formula is C23H25ClFN3O3S. The summed E-state index contributed by atoms with van der Waals surface area (Å²) in [7, 11) is -3.28. The van der Waals surface area contributed by atoms with E-state index in [4.69, 9.17) is 11.6 Å². The van der Waals surface area contributed by atoms with Crippen molar-refractivity contribution in [2.75, 3.05) is 11.2 Å². The summed E-state index contributed by atoms with van der Waals surface area (Å²) in [6.07, 6.45) is 7.75. The number of halogens is 2. The number of amides is 1. The molecule has 6 nitrogen and oxygen atoms in total. The molecule has 1 amide bonds. The number of sulfone groups is 1. The van der Waals surface area contributed by atoms with Crippen molar-refractivity contribution < 1.29 is 17.6 Å². The van der Waals surface area contributed by atoms with Crippen molar-refractivity contribution in [1.29, 1.82) is 0 Å². The lowest BCUT2D eigenvalue weighted by Gasteiger charge is -2.40. The largest absolute Gasteiger partial charge is 0.352 e. The van der Waals surface area contributed by atoms with Gasteiger partial charge in [0, 0.05) is 30.6 Å². The molecule has 3 fully saturated rings. The van der Waals surface area contributed by atoms with Crippen molar-refractivity contribution in [2.45, 2.75) is 67.0 Å². The van der Waals surface area contributed by atoms with Crippen LogP contribution in [0, 0.1) is 5.82 Å². The number of anilines is 1. The van der Waals surface area contributed by atoms with Crippen LogP contribution in [0.5, 0.6) is 0 Å². The second-order valence-corrected chi connectivity index (χ2v) is 11.7. The molecule has 1 N–H and O–H groups in total. The lowest BCUT2D eigenvalue weighted by molar-refractivity contribution is -0.124. The molecular weight excluding hydrogens is 453 g/mol. The van der Waals surface area contributed by atoms with E-state index in [2.05, 4.69) is 15.2 Å². The monoisotopic (exact) mass is 477 g/mol. The summed E-state index contributed by atoms with van der Waals surface area (Å²) < 4.78 is 37.0. The van der Waals surface area contributed by atoms with E-state index in [-0.39, 0.29) is 34.0 Å². The van der Waals surface area contributed by atoms with Gasteiger partial charge in [0.1, 0.15) is 11.6 Å². The van der Waals surface area contributed by atoms with Crippen LogP contribution in [0.1, 0.15) is 44.1 Å². The zero-order valence-electron chi connectivity index (χ0n) is 17.7. The SMILES string of the molecule is CS(=O)(=O)c1ccc(N2C3CCC2CC(NC(=O)C2(c4ccc(F)c(Cl)c4)CC2)C3)nc1. The third-order valence-corrected chi connectivity index (χ3v) is 8.53. The number of pyridine rings is 1. The van der Waals surface area contributed by atoms with E-state index in [1.54, 1.807) is 24.3 Å². The van der Waals surface area contributed by atoms with Gasteiger partial charge in [-0.1, -0.05) is 17.7 Å². The van der Waals surface area contributed by atoms with Gasteiger partial charge in [-0.15, -0.1) is 0 Å². The number of fused-ring (bicyclic) bond motifs is 2. The first-order chi connectivity index (χ1) is 15.2. The molecule has 3 heterocycles. The number of carbonyl (C=O) groups is 1. The average molecular weight is 478 g/mol. The normalized spacial score (nSPS) is 26.1. The van der Waals surface area contributed by atoms with Crippen molar-refractivity contribution in [3.05, 3.63) is 52.9 Å². The Morgan fingerprint density at radius 2 is 1.88 bits per heavy atom. The predicted molar refractivity (Wildman–Crippen MR) is 120 cm³/mol. The Morgan fingerprint density at radius 3 is 2.41 bits per heavy atom. The minimum Gasteiger partial charge on any atom is -0.352 e. The first-order valence-corrected chi connectivity index (χ1v) is 13.2. The first kappa shape index (κ1) is 21.6. The maximum atomic E-state index is 13.6. The molecule has 170 valence electrons. The third kappa shape index (κ3) is 3.77. The number of carbonyl (C=O) groups excluding carboxylic acids is 1. The summed E-state index contributed by atoms with van der Waals surface area (Å²) in [5, 5.41) is 3.30. The molecule has 2 bridgehead atoms. The molecule has 2 unspecified atom stereocenters. The fourth-order valence-electron chi connectivity index (χ4n) is 5.30. The number of nitrogens with zero attached hydrogens (tertiary/aromatic N) is 2. The van der Waals surface area contributed by atoms with Gasteiger partial charge >= 0.3 is 0 Å². The molecule has 0 spiro atoms. The maximum Gasteiger partial charge on any atom is 0.230 e. The van der Waals surface area contributed by atoms with Gasteiger partial charge in [0.15, 0.2) is 9.84 Å². The Bertz CT molecular complexity index is 1150. The predicted octanol–water partition coefficient (Wildman–Crippen LogP) is 3.63. The molecule has 5 rings (SSSR count). The maximum absolute atomic E-state index is 13.6. The lowest BCUT2D eigenvalue weighted by atomic mass is 9.92. The fourth-order valence-corrected chi connectivity index (χ4v) is 6.04. The van der Waals surface area contributed by atoms with Gasteiger partial charge < -0.3 is 10.2 Å². The molecule has 9 heteroatoms. The van der Waals surface area contributed by atoms with Crippen LogP contribution in [0.2, 0.25) is 5.02 Å². The second-order valence-electron chi connectivity index (χ2n) is 9.27. The van der Waals surface area contributed by atoms with Gasteiger partial charge in [-0.05, 0) is 68.4 Å². The topological polar surface area (TPSA) is 79.4 Å². The molecule has 2 atom stereocenters. The number of benzene rings is 1. The van der Waals surface area contributed by atoms with Gasteiger partial charge in [0.25, 0.3) is 0 Å². The Kier molecular flexibility index (Phi) is 5.21. The van der Waals surface area contributed by atoms with Crippen molar-refractivity contribution in [2.24, 2.45) is 0 Å². The standard InChI is InChI=1S/C23H25ClFN3O3S/c1-32(30,31)18-5-7-21(26-13-18)28-16-3-4-17(28)12-15(11-16)27-22(29)23(8-9-23)14-2-6-20(25)19(24)10-14/h2,5-7,10,13,15-17H,3-4,8-9,11-12H2,1H3,(H,27,29). The summed E-state index contributed by atoms with van der Waals surface area (Å²) >= 11 is 5.95. The highest BCUT2D eigenvalue weighted by molar-refractivity contribution is 7.90. The molecule has 1 aromatic heterocycles. The van der Waals surface area contributed by atoms with E-state index in [1.807, 2.05) is 0 Å². The van der Waals surface area contributed by atoms with Crippen molar-refractivity contribution in [1.82, 2.24) is 10.3 Å². The Labute approximate surface area is 192 Å². The number of hydrogen-bond acceptors (Lipinski definition) is 5. The molecule has 2 aromatic rings. The summed E-state index contributed by atoms with van der Waals surface area (Å²) in [6.45, 7) is 0. The number of nitrogens with one attached hydrogen (secondary N) is 1. The van der Waals surface area contributed by atoms with E-state index >= 15 is 0 Å². The molecule has 3 aliphatic rings. The number of piperidine rings is 1. The van der Waals surface area contributed by atoms with Crippen LogP contribution in [0.25, 0.3) is 0 Å². The van der Waals surface area contributed by atoms with Gasteiger partial charge in [-0.2, -0.15) is 0 Å². The van der Waals surface area contributed by atoms with Crippen LogP contribution in [-0.2, 0) is 20.0 Å². The van der Waals surface area contributed by atoms with E-state index in [0.717, 1.165) is 49.9 Å². The quantitative estimate of drug-likeness (QED) is 0.711. The zero-order chi connectivity index (χ0) is 22.7. The van der Waals surface area contributed by atoms with E-state index in [1.165, 1.54) is 18.5 Å². The third-order valence-electron chi connectivity index (χ3n) is 7.14. The zero-order valence-corrected chi connectivity index (χ0v) is 19.3. The molecule has 0 radical (unpaired) electrons. The number of aromatic nitrogens is 1. The van der Waals surface area contributed by atoms with Crippen LogP contribution in [0.3, 0.4) is 0 Å². The van der Waals surface area contributed by atoms with Crippen molar-refractivity contribution in [3.8, 4) is 0 Å². The van der Waals surface area contributed by atoms with Gasteiger partial charge in [0.05, 0.1) is 15.3 Å². The fraction of sp³-hybridized carbons (Fsp3) is 0.478. The lowest BCUT2D eigenvalue weighted by Crippen LogP contribution is -2.52. The minimum atomic E-state index is -3.28. The molecule has 1 saturated carbocycles. The molecule has 2 aliphatic heterocycles. The highest BCUT2D eigenvalue weighted by atomic mass is 35.5. The average Bonchev–Trinajstić information content (AvgIpc) is 3.51. The summed E-state index contributed by atoms with van der Waals surface area (Å²) in [5.41, 5.74) is 0.174. The van der Waals surface area contributed by atoms with E-state index in [0.29, 0.717) is 0 Å². The smallest absolute Gasteiger partial charge is 0.230 e. The molecule has 32 heavy (non-hydrogen) atoms. The van der Waals surface area contributed by atoms with Crippen LogP contribution in [0.15, 0.2) is 41.4 Å². The van der Waals surface area contributed by atoms with Crippen LogP contribution in [-0.4, -0.2) is 43.7 Å².